The molecule has 3 rings (SSSR count). The fourth-order valence-corrected chi connectivity index (χ4v) is 3.99. The van der Waals surface area contributed by atoms with E-state index in [0.717, 1.165) is 29.6 Å². The highest BCUT2D eigenvalue weighted by atomic mass is 35.5. The van der Waals surface area contributed by atoms with Gasteiger partial charge in [0, 0.05) is 11.8 Å². The summed E-state index contributed by atoms with van der Waals surface area (Å²) in [6.45, 7) is 3.90. The fraction of sp³-hybridized carbons (Fsp3) is 0.438. The van der Waals surface area contributed by atoms with Crippen molar-refractivity contribution in [3.63, 3.8) is 0 Å². The minimum Gasteiger partial charge on any atom is -0.504 e. The number of fused-ring (bicyclic) bond motifs is 3. The number of carbonyl (C=O) groups excluding carboxylic acids is 1. The first-order chi connectivity index (χ1) is 9.41. The van der Waals surface area contributed by atoms with Crippen molar-refractivity contribution in [3.8, 4) is 5.75 Å². The lowest BCUT2D eigenvalue weighted by Gasteiger charge is -2.34. The molecule has 0 aliphatic heterocycles. The summed E-state index contributed by atoms with van der Waals surface area (Å²) in [6, 6.07) is 1.32. The van der Waals surface area contributed by atoms with Crippen molar-refractivity contribution >= 4 is 23.0 Å². The number of aromatic hydroxyl groups is 1. The summed E-state index contributed by atoms with van der Waals surface area (Å²) < 4.78 is 13.8. The van der Waals surface area contributed by atoms with E-state index in [1.807, 2.05) is 6.92 Å². The molecule has 0 fully saturated rings. The number of hydrogen-bond donors (Lipinski definition) is 1. The van der Waals surface area contributed by atoms with Crippen LogP contribution in [0, 0.1) is 11.2 Å². The van der Waals surface area contributed by atoms with Gasteiger partial charge in [-0.05, 0) is 54.5 Å². The standard InChI is InChI=1S/C16H16ClFO2/c1-3-16-5-4-12(19)8(2)13(16)9-6-11(18)15(20)14(17)10(9)7-16/h6,20H,3-5,7H2,1-2H3. The molecule has 1 atom stereocenters. The second kappa shape index (κ2) is 4.32. The summed E-state index contributed by atoms with van der Waals surface area (Å²) in [7, 11) is 0. The first-order valence-corrected chi connectivity index (χ1v) is 7.24. The van der Waals surface area contributed by atoms with E-state index >= 15 is 0 Å². The predicted molar refractivity (Wildman–Crippen MR) is 76.3 cm³/mol. The minimum absolute atomic E-state index is 0.0926. The predicted octanol–water partition coefficient (Wildman–Crippen LogP) is 4.27. The van der Waals surface area contributed by atoms with Gasteiger partial charge in [0.1, 0.15) is 0 Å². The first kappa shape index (κ1) is 13.6. The number of carbonyl (C=O) groups is 1. The van der Waals surface area contributed by atoms with Crippen LogP contribution in [0.3, 0.4) is 0 Å². The van der Waals surface area contributed by atoms with Gasteiger partial charge in [-0.25, -0.2) is 4.39 Å². The Hall–Kier alpha value is -1.35. The van der Waals surface area contributed by atoms with Crippen LogP contribution in [-0.2, 0) is 11.2 Å². The maximum Gasteiger partial charge on any atom is 0.170 e. The number of phenols is 1. The lowest BCUT2D eigenvalue weighted by Crippen LogP contribution is -2.27. The van der Waals surface area contributed by atoms with Crippen LogP contribution in [0.2, 0.25) is 5.02 Å². The molecule has 0 heterocycles. The van der Waals surface area contributed by atoms with Gasteiger partial charge in [0.05, 0.1) is 5.02 Å². The highest BCUT2D eigenvalue weighted by Crippen LogP contribution is 2.58. The van der Waals surface area contributed by atoms with Crippen LogP contribution in [0.4, 0.5) is 4.39 Å². The van der Waals surface area contributed by atoms with E-state index in [4.69, 9.17) is 11.6 Å². The van der Waals surface area contributed by atoms with Gasteiger partial charge in [-0.3, -0.25) is 4.79 Å². The van der Waals surface area contributed by atoms with Crippen molar-refractivity contribution in [2.75, 3.05) is 0 Å². The molecule has 0 saturated heterocycles. The Morgan fingerprint density at radius 3 is 2.85 bits per heavy atom. The molecule has 1 aromatic carbocycles. The molecule has 20 heavy (non-hydrogen) atoms. The summed E-state index contributed by atoms with van der Waals surface area (Å²) >= 11 is 6.11. The second-order valence-electron chi connectivity index (χ2n) is 5.78. The Morgan fingerprint density at radius 1 is 1.50 bits per heavy atom. The van der Waals surface area contributed by atoms with Crippen molar-refractivity contribution in [2.45, 2.75) is 39.5 Å². The number of halogens is 2. The van der Waals surface area contributed by atoms with Crippen molar-refractivity contribution in [1.29, 1.82) is 0 Å². The summed E-state index contributed by atoms with van der Waals surface area (Å²) in [5.74, 6) is -1.08. The summed E-state index contributed by atoms with van der Waals surface area (Å²) in [4.78, 5) is 12.0. The van der Waals surface area contributed by atoms with E-state index in [-0.39, 0.29) is 16.2 Å². The molecule has 0 spiro atoms. The SMILES string of the molecule is CCC12CCC(=O)C(C)=C1c1cc(F)c(O)c(Cl)c1C2. The summed E-state index contributed by atoms with van der Waals surface area (Å²) in [5, 5.41) is 9.78. The monoisotopic (exact) mass is 294 g/mol. The quantitative estimate of drug-likeness (QED) is 0.839. The average molecular weight is 295 g/mol. The molecule has 2 aliphatic rings. The van der Waals surface area contributed by atoms with Crippen LogP contribution in [0.5, 0.6) is 5.75 Å². The average Bonchev–Trinajstić information content (AvgIpc) is 2.77. The fourth-order valence-electron chi connectivity index (χ4n) is 3.73. The molecule has 1 aromatic rings. The lowest BCUT2D eigenvalue weighted by atomic mass is 9.68. The van der Waals surface area contributed by atoms with Crippen LogP contribution in [0.1, 0.15) is 44.2 Å². The third-order valence-corrected chi connectivity index (χ3v) is 5.32. The zero-order chi connectivity index (χ0) is 14.7. The lowest BCUT2D eigenvalue weighted by molar-refractivity contribution is -0.116. The first-order valence-electron chi connectivity index (χ1n) is 6.86. The molecule has 0 aromatic heterocycles. The van der Waals surface area contributed by atoms with E-state index in [2.05, 4.69) is 6.92 Å². The van der Waals surface area contributed by atoms with Crippen molar-refractivity contribution in [3.05, 3.63) is 33.6 Å². The molecule has 2 aliphatic carbocycles. The van der Waals surface area contributed by atoms with Gasteiger partial charge in [0.2, 0.25) is 0 Å². The largest absolute Gasteiger partial charge is 0.504 e. The molecular weight excluding hydrogens is 279 g/mol. The van der Waals surface area contributed by atoms with E-state index < -0.39 is 11.6 Å². The number of hydrogen-bond acceptors (Lipinski definition) is 2. The van der Waals surface area contributed by atoms with Crippen molar-refractivity contribution < 1.29 is 14.3 Å². The molecule has 1 unspecified atom stereocenters. The third-order valence-electron chi connectivity index (χ3n) is 4.91. The highest BCUT2D eigenvalue weighted by Gasteiger charge is 2.46. The smallest absolute Gasteiger partial charge is 0.170 e. The molecule has 1 N–H and O–H groups in total. The van der Waals surface area contributed by atoms with E-state index in [9.17, 15) is 14.3 Å². The number of benzene rings is 1. The normalized spacial score (nSPS) is 24.9. The Kier molecular flexibility index (Phi) is 2.94. The number of allylic oxidation sites excluding steroid dienone is 2. The molecule has 4 heteroatoms. The van der Waals surface area contributed by atoms with Crippen LogP contribution >= 0.6 is 11.6 Å². The molecule has 0 amide bonds. The van der Waals surface area contributed by atoms with Gasteiger partial charge in [-0.2, -0.15) is 0 Å². The van der Waals surface area contributed by atoms with Crippen LogP contribution in [-0.4, -0.2) is 10.9 Å². The number of phenolic OH excluding ortho intramolecular Hbond substituents is 1. The maximum atomic E-state index is 13.8. The minimum atomic E-state index is -0.723. The number of Topliss-reactive ketones (excluding diaryl/α,β-unsaturated/α-hetero) is 1. The van der Waals surface area contributed by atoms with Gasteiger partial charge < -0.3 is 5.11 Å². The Labute approximate surface area is 122 Å². The zero-order valence-corrected chi connectivity index (χ0v) is 12.3. The molecule has 0 bridgehead atoms. The van der Waals surface area contributed by atoms with E-state index in [1.165, 1.54) is 6.07 Å². The molecule has 0 radical (unpaired) electrons. The summed E-state index contributed by atoms with van der Waals surface area (Å²) in [5.41, 5.74) is 3.00. The van der Waals surface area contributed by atoms with Crippen LogP contribution in [0.25, 0.3) is 5.57 Å². The van der Waals surface area contributed by atoms with Gasteiger partial charge in [0.15, 0.2) is 17.3 Å². The Morgan fingerprint density at radius 2 is 2.20 bits per heavy atom. The van der Waals surface area contributed by atoms with Gasteiger partial charge >= 0.3 is 0 Å². The van der Waals surface area contributed by atoms with Gasteiger partial charge in [0.25, 0.3) is 0 Å². The molecular formula is C16H16ClFO2. The highest BCUT2D eigenvalue weighted by molar-refractivity contribution is 6.33. The summed E-state index contributed by atoms with van der Waals surface area (Å²) in [6.07, 6.45) is 2.84. The maximum absolute atomic E-state index is 13.8. The van der Waals surface area contributed by atoms with Crippen LogP contribution in [0.15, 0.2) is 11.6 Å². The second-order valence-corrected chi connectivity index (χ2v) is 6.16. The number of ketones is 1. The Bertz CT molecular complexity index is 663. The molecule has 2 nitrogen and oxygen atoms in total. The zero-order valence-electron chi connectivity index (χ0n) is 11.5. The Balaban J connectivity index is 2.34. The van der Waals surface area contributed by atoms with Gasteiger partial charge in [-0.15, -0.1) is 0 Å². The van der Waals surface area contributed by atoms with Crippen LogP contribution < -0.4 is 0 Å². The van der Waals surface area contributed by atoms with E-state index in [0.29, 0.717) is 18.4 Å². The topological polar surface area (TPSA) is 37.3 Å². The third kappa shape index (κ3) is 1.59. The van der Waals surface area contributed by atoms with Gasteiger partial charge in [-0.1, -0.05) is 18.5 Å². The molecule has 106 valence electrons. The van der Waals surface area contributed by atoms with Crippen molar-refractivity contribution in [1.82, 2.24) is 0 Å². The number of rotatable bonds is 1. The molecule has 0 saturated carbocycles. The van der Waals surface area contributed by atoms with Crippen molar-refractivity contribution in [2.24, 2.45) is 5.41 Å². The van der Waals surface area contributed by atoms with E-state index in [1.54, 1.807) is 0 Å².